The highest BCUT2D eigenvalue weighted by Gasteiger charge is 2.35. The number of ether oxygens (including phenoxy) is 1. The molecule has 2 unspecified atom stereocenters. The largest absolute Gasteiger partial charge is 0.481 e. The molecule has 0 bridgehead atoms. The molecular formula is C16H19NO4. The summed E-state index contributed by atoms with van der Waals surface area (Å²) >= 11 is 0. The van der Waals surface area contributed by atoms with E-state index in [1.165, 1.54) is 0 Å². The van der Waals surface area contributed by atoms with Crippen LogP contribution < -0.4 is 0 Å². The zero-order valence-electron chi connectivity index (χ0n) is 11.8. The topological polar surface area (TPSA) is 66.8 Å². The van der Waals surface area contributed by atoms with Crippen LogP contribution >= 0.6 is 0 Å². The first-order valence-electron chi connectivity index (χ1n) is 7.38. The number of carbonyl (C=O) groups is 2. The molecule has 1 aromatic carbocycles. The number of aliphatic carboxylic acids is 1. The summed E-state index contributed by atoms with van der Waals surface area (Å²) in [5.41, 5.74) is 1.74. The number of carbonyl (C=O) groups excluding carboxylic acids is 1. The average Bonchev–Trinajstić information content (AvgIpc) is 2.53. The number of fused-ring (bicyclic) bond motifs is 1. The van der Waals surface area contributed by atoms with Crippen molar-refractivity contribution in [2.45, 2.75) is 37.8 Å². The van der Waals surface area contributed by atoms with Gasteiger partial charge in [0.2, 0.25) is 0 Å². The van der Waals surface area contributed by atoms with Gasteiger partial charge in [-0.05, 0) is 30.4 Å². The lowest BCUT2D eigenvalue weighted by molar-refractivity contribution is -0.149. The number of carboxylic acid groups (broad SMARTS) is 1. The Bertz CT molecular complexity index is 551. The van der Waals surface area contributed by atoms with Crippen LogP contribution in [-0.2, 0) is 20.9 Å². The Morgan fingerprint density at radius 2 is 2.05 bits per heavy atom. The Hall–Kier alpha value is -1.88. The molecule has 2 heterocycles. The van der Waals surface area contributed by atoms with E-state index in [-0.39, 0.29) is 12.5 Å². The second-order valence-electron chi connectivity index (χ2n) is 5.66. The van der Waals surface area contributed by atoms with Gasteiger partial charge in [-0.15, -0.1) is 0 Å². The summed E-state index contributed by atoms with van der Waals surface area (Å²) in [4.78, 5) is 25.7. The van der Waals surface area contributed by atoms with Crippen molar-refractivity contribution in [3.8, 4) is 0 Å². The molecule has 2 aliphatic heterocycles. The van der Waals surface area contributed by atoms with E-state index < -0.39 is 18.0 Å². The van der Waals surface area contributed by atoms with Crippen LogP contribution in [0.2, 0.25) is 0 Å². The molecule has 0 aromatic heterocycles. The average molecular weight is 289 g/mol. The van der Waals surface area contributed by atoms with Gasteiger partial charge >= 0.3 is 5.97 Å². The third kappa shape index (κ3) is 2.78. The Kier molecular flexibility index (Phi) is 3.92. The predicted molar refractivity (Wildman–Crippen MR) is 75.8 cm³/mol. The standard InChI is InChI=1S/C16H19NO4/c18-15(14-7-3-4-8-21-14)17-9-11-5-1-2-6-12(11)13(10-17)16(19)20/h1-2,5-6,13-14H,3-4,7-10H2,(H,19,20). The van der Waals surface area contributed by atoms with Gasteiger partial charge in [0.05, 0.1) is 5.92 Å². The van der Waals surface area contributed by atoms with Crippen molar-refractivity contribution in [1.29, 1.82) is 0 Å². The molecule has 5 heteroatoms. The minimum Gasteiger partial charge on any atom is -0.481 e. The Balaban J connectivity index is 1.82. The van der Waals surface area contributed by atoms with Gasteiger partial charge in [-0.25, -0.2) is 0 Å². The zero-order chi connectivity index (χ0) is 14.8. The smallest absolute Gasteiger partial charge is 0.312 e. The number of nitrogens with zero attached hydrogens (tertiary/aromatic N) is 1. The highest BCUT2D eigenvalue weighted by atomic mass is 16.5. The molecule has 3 rings (SSSR count). The molecule has 5 nitrogen and oxygen atoms in total. The molecule has 21 heavy (non-hydrogen) atoms. The van der Waals surface area contributed by atoms with Gasteiger partial charge in [0.25, 0.3) is 5.91 Å². The number of hydrogen-bond acceptors (Lipinski definition) is 3. The SMILES string of the molecule is O=C(O)C1CN(C(=O)C2CCCCO2)Cc2ccccc21. The van der Waals surface area contributed by atoms with E-state index in [4.69, 9.17) is 4.74 Å². The van der Waals surface area contributed by atoms with Gasteiger partial charge in [-0.1, -0.05) is 24.3 Å². The van der Waals surface area contributed by atoms with Gasteiger partial charge < -0.3 is 14.7 Å². The maximum Gasteiger partial charge on any atom is 0.312 e. The summed E-state index contributed by atoms with van der Waals surface area (Å²) in [6, 6.07) is 7.46. The van der Waals surface area contributed by atoms with Crippen LogP contribution in [0.5, 0.6) is 0 Å². The fourth-order valence-corrected chi connectivity index (χ4v) is 3.13. The van der Waals surface area contributed by atoms with Crippen molar-refractivity contribution in [3.63, 3.8) is 0 Å². The first-order chi connectivity index (χ1) is 10.2. The number of amides is 1. The molecule has 2 aliphatic rings. The fraction of sp³-hybridized carbons (Fsp3) is 0.500. The maximum atomic E-state index is 12.5. The Morgan fingerprint density at radius 3 is 2.76 bits per heavy atom. The molecule has 1 fully saturated rings. The third-order valence-corrected chi connectivity index (χ3v) is 4.26. The number of hydrogen-bond donors (Lipinski definition) is 1. The van der Waals surface area contributed by atoms with E-state index in [1.54, 1.807) is 4.90 Å². The van der Waals surface area contributed by atoms with Crippen molar-refractivity contribution in [3.05, 3.63) is 35.4 Å². The van der Waals surface area contributed by atoms with Crippen molar-refractivity contribution >= 4 is 11.9 Å². The molecule has 0 aliphatic carbocycles. The predicted octanol–water partition coefficient (Wildman–Crippen LogP) is 1.77. The lowest BCUT2D eigenvalue weighted by Crippen LogP contribution is -2.46. The van der Waals surface area contributed by atoms with Crippen molar-refractivity contribution < 1.29 is 19.4 Å². The zero-order valence-corrected chi connectivity index (χ0v) is 11.8. The monoisotopic (exact) mass is 289 g/mol. The van der Waals surface area contributed by atoms with Gasteiger partial charge in [-0.2, -0.15) is 0 Å². The van der Waals surface area contributed by atoms with Crippen LogP contribution in [0.1, 0.15) is 36.3 Å². The van der Waals surface area contributed by atoms with Crippen LogP contribution in [0.15, 0.2) is 24.3 Å². The minimum absolute atomic E-state index is 0.0737. The molecule has 0 spiro atoms. The molecule has 0 saturated carbocycles. The maximum absolute atomic E-state index is 12.5. The summed E-state index contributed by atoms with van der Waals surface area (Å²) in [5.74, 6) is -1.61. The third-order valence-electron chi connectivity index (χ3n) is 4.26. The van der Waals surface area contributed by atoms with Crippen LogP contribution in [0.4, 0.5) is 0 Å². The summed E-state index contributed by atoms with van der Waals surface area (Å²) in [7, 11) is 0. The molecule has 1 aromatic rings. The van der Waals surface area contributed by atoms with E-state index in [2.05, 4.69) is 0 Å². The van der Waals surface area contributed by atoms with E-state index >= 15 is 0 Å². The molecule has 1 amide bonds. The lowest BCUT2D eigenvalue weighted by atomic mass is 9.89. The van der Waals surface area contributed by atoms with E-state index in [1.807, 2.05) is 24.3 Å². The summed E-state index contributed by atoms with van der Waals surface area (Å²) < 4.78 is 5.54. The number of rotatable bonds is 2. The number of benzene rings is 1. The quantitative estimate of drug-likeness (QED) is 0.901. The van der Waals surface area contributed by atoms with Crippen LogP contribution in [0.3, 0.4) is 0 Å². The number of carboxylic acids is 1. The van der Waals surface area contributed by atoms with Crippen LogP contribution in [-0.4, -0.2) is 41.1 Å². The molecule has 1 saturated heterocycles. The molecule has 0 radical (unpaired) electrons. The highest BCUT2D eigenvalue weighted by molar-refractivity contribution is 5.84. The van der Waals surface area contributed by atoms with Crippen molar-refractivity contribution in [1.82, 2.24) is 4.90 Å². The van der Waals surface area contributed by atoms with E-state index in [0.717, 1.165) is 30.4 Å². The van der Waals surface area contributed by atoms with Gasteiger partial charge in [0.1, 0.15) is 6.10 Å². The van der Waals surface area contributed by atoms with Crippen molar-refractivity contribution in [2.75, 3.05) is 13.2 Å². The van der Waals surface area contributed by atoms with Crippen LogP contribution in [0.25, 0.3) is 0 Å². The van der Waals surface area contributed by atoms with Gasteiger partial charge in [0, 0.05) is 19.7 Å². The highest BCUT2D eigenvalue weighted by Crippen LogP contribution is 2.29. The first-order valence-corrected chi connectivity index (χ1v) is 7.38. The molecular weight excluding hydrogens is 270 g/mol. The normalized spacial score (nSPS) is 25.2. The Labute approximate surface area is 123 Å². The minimum atomic E-state index is -0.885. The summed E-state index contributed by atoms with van der Waals surface area (Å²) in [6.07, 6.45) is 2.31. The second-order valence-corrected chi connectivity index (χ2v) is 5.66. The molecule has 1 N–H and O–H groups in total. The van der Waals surface area contributed by atoms with Crippen molar-refractivity contribution in [2.24, 2.45) is 0 Å². The van der Waals surface area contributed by atoms with Gasteiger partial charge in [0.15, 0.2) is 0 Å². The lowest BCUT2D eigenvalue weighted by Gasteiger charge is -2.35. The molecule has 112 valence electrons. The first kappa shape index (κ1) is 14.1. The van der Waals surface area contributed by atoms with Crippen LogP contribution in [0, 0.1) is 0 Å². The summed E-state index contributed by atoms with van der Waals surface area (Å²) in [5, 5.41) is 9.43. The fourth-order valence-electron chi connectivity index (χ4n) is 3.13. The molecule has 2 atom stereocenters. The van der Waals surface area contributed by atoms with E-state index in [9.17, 15) is 14.7 Å². The van der Waals surface area contributed by atoms with E-state index in [0.29, 0.717) is 13.2 Å². The summed E-state index contributed by atoms with van der Waals surface area (Å²) in [6.45, 7) is 1.31. The Morgan fingerprint density at radius 1 is 1.24 bits per heavy atom. The van der Waals surface area contributed by atoms with Gasteiger partial charge in [-0.3, -0.25) is 9.59 Å². The second kappa shape index (κ2) is 5.85.